The first-order chi connectivity index (χ1) is 11.0. The molecule has 6 heteroatoms. The maximum atomic E-state index is 13.4. The van der Waals surface area contributed by atoms with Crippen molar-refractivity contribution < 1.29 is 12.8 Å². The molecule has 1 aliphatic rings. The van der Waals surface area contributed by atoms with E-state index in [1.54, 1.807) is 0 Å². The molecule has 0 radical (unpaired) electrons. The van der Waals surface area contributed by atoms with Crippen LogP contribution in [0.25, 0.3) is 0 Å². The van der Waals surface area contributed by atoms with Crippen LogP contribution >= 0.6 is 0 Å². The fourth-order valence-electron chi connectivity index (χ4n) is 3.05. The first kappa shape index (κ1) is 16.1. The molecule has 122 valence electrons. The van der Waals surface area contributed by atoms with Crippen molar-refractivity contribution in [3.63, 3.8) is 0 Å². The van der Waals surface area contributed by atoms with Crippen LogP contribution in [0.4, 0.5) is 4.39 Å². The Hall–Kier alpha value is -1.79. The largest absolute Gasteiger partial charge is 0.260 e. The van der Waals surface area contributed by atoms with Crippen LogP contribution in [-0.2, 0) is 10.0 Å². The smallest absolute Gasteiger partial charge is 0.245 e. The molecule has 1 saturated heterocycles. The number of hydrogen-bond acceptors (Lipinski definition) is 3. The number of benzene rings is 1. The van der Waals surface area contributed by atoms with Crippen molar-refractivity contribution >= 4 is 10.0 Å². The molecular weight excluding hydrogens is 315 g/mol. The minimum atomic E-state index is -3.78. The van der Waals surface area contributed by atoms with Gasteiger partial charge in [0.2, 0.25) is 10.0 Å². The summed E-state index contributed by atoms with van der Waals surface area (Å²) < 4.78 is 40.9. The summed E-state index contributed by atoms with van der Waals surface area (Å²) >= 11 is 0. The van der Waals surface area contributed by atoms with Gasteiger partial charge in [-0.15, -0.1) is 0 Å². The number of nitrogens with zero attached hydrogens (tertiary/aromatic N) is 2. The molecule has 3 rings (SSSR count). The summed E-state index contributed by atoms with van der Waals surface area (Å²) in [7, 11) is -3.78. The zero-order chi connectivity index (χ0) is 16.4. The quantitative estimate of drug-likeness (QED) is 0.864. The van der Waals surface area contributed by atoms with Gasteiger partial charge in [0.1, 0.15) is 10.7 Å². The zero-order valence-electron chi connectivity index (χ0n) is 12.9. The van der Waals surface area contributed by atoms with Crippen molar-refractivity contribution in [2.24, 2.45) is 5.92 Å². The summed E-state index contributed by atoms with van der Waals surface area (Å²) in [4.78, 5) is 3.59. The van der Waals surface area contributed by atoms with E-state index in [2.05, 4.69) is 4.98 Å². The number of pyridine rings is 1. The lowest BCUT2D eigenvalue weighted by Crippen LogP contribution is -2.41. The molecule has 1 aromatic heterocycles. The standard InChI is InChI=1S/C17H19FN2O2S/c1-13-7-8-17(14-5-3-2-4-6-14)20(12-13)23(21,22)16-9-15(18)10-19-11-16/h2-6,9-11,13,17H,7-8,12H2,1H3. The van der Waals surface area contributed by atoms with Crippen LogP contribution in [-0.4, -0.2) is 24.3 Å². The fraction of sp³-hybridized carbons (Fsp3) is 0.353. The number of hydrogen-bond donors (Lipinski definition) is 0. The molecule has 1 aromatic carbocycles. The van der Waals surface area contributed by atoms with Gasteiger partial charge in [-0.25, -0.2) is 12.8 Å². The van der Waals surface area contributed by atoms with Gasteiger partial charge in [0.05, 0.1) is 12.2 Å². The van der Waals surface area contributed by atoms with Crippen LogP contribution in [0, 0.1) is 11.7 Å². The number of piperidine rings is 1. The number of rotatable bonds is 3. The van der Waals surface area contributed by atoms with Gasteiger partial charge < -0.3 is 0 Å². The number of halogens is 1. The van der Waals surface area contributed by atoms with Crippen LogP contribution in [0.3, 0.4) is 0 Å². The minimum absolute atomic E-state index is 0.0902. The molecular formula is C17H19FN2O2S. The SMILES string of the molecule is CC1CCC(c2ccccc2)N(S(=O)(=O)c2cncc(F)c2)C1. The molecule has 0 saturated carbocycles. The van der Waals surface area contributed by atoms with Crippen molar-refractivity contribution in [3.8, 4) is 0 Å². The minimum Gasteiger partial charge on any atom is -0.260 e. The summed E-state index contributed by atoms with van der Waals surface area (Å²) in [6, 6.07) is 10.4. The van der Waals surface area contributed by atoms with E-state index in [0.717, 1.165) is 30.7 Å². The molecule has 2 atom stereocenters. The third kappa shape index (κ3) is 3.28. The summed E-state index contributed by atoms with van der Waals surface area (Å²) in [6.45, 7) is 2.46. The molecule has 0 N–H and O–H groups in total. The molecule has 2 aromatic rings. The summed E-state index contributed by atoms with van der Waals surface area (Å²) in [5, 5.41) is 0. The van der Waals surface area contributed by atoms with Crippen molar-refractivity contribution in [3.05, 3.63) is 60.2 Å². The molecule has 2 unspecified atom stereocenters. The predicted molar refractivity (Wildman–Crippen MR) is 85.7 cm³/mol. The normalized spacial score (nSPS) is 22.9. The van der Waals surface area contributed by atoms with Gasteiger partial charge in [-0.05, 0) is 30.4 Å². The van der Waals surface area contributed by atoms with Crippen molar-refractivity contribution in [2.75, 3.05) is 6.54 Å². The summed E-state index contributed by atoms with van der Waals surface area (Å²) in [6.07, 6.45) is 3.94. The van der Waals surface area contributed by atoms with E-state index in [9.17, 15) is 12.8 Å². The highest BCUT2D eigenvalue weighted by atomic mass is 32.2. The van der Waals surface area contributed by atoms with E-state index in [-0.39, 0.29) is 16.9 Å². The second-order valence-corrected chi connectivity index (χ2v) is 7.91. The Balaban J connectivity index is 2.02. The van der Waals surface area contributed by atoms with Gasteiger partial charge in [0.25, 0.3) is 0 Å². The Morgan fingerprint density at radius 2 is 1.91 bits per heavy atom. The average Bonchev–Trinajstić information content (AvgIpc) is 2.55. The average molecular weight is 334 g/mol. The second kappa shape index (κ2) is 6.37. The Kier molecular flexibility index (Phi) is 4.46. The summed E-state index contributed by atoms with van der Waals surface area (Å²) in [5.41, 5.74) is 0.965. The Bertz CT molecular complexity index is 780. The lowest BCUT2D eigenvalue weighted by atomic mass is 9.92. The first-order valence-electron chi connectivity index (χ1n) is 7.66. The van der Waals surface area contributed by atoms with Gasteiger partial charge in [-0.2, -0.15) is 4.31 Å². The Morgan fingerprint density at radius 1 is 1.17 bits per heavy atom. The zero-order valence-corrected chi connectivity index (χ0v) is 13.7. The molecule has 1 aliphatic heterocycles. The predicted octanol–water partition coefficient (Wildman–Crippen LogP) is 3.38. The number of sulfonamides is 1. The second-order valence-electron chi connectivity index (χ2n) is 6.02. The molecule has 23 heavy (non-hydrogen) atoms. The van der Waals surface area contributed by atoms with Crippen LogP contribution in [0.1, 0.15) is 31.4 Å². The van der Waals surface area contributed by atoms with Crippen molar-refractivity contribution in [1.29, 1.82) is 0 Å². The van der Waals surface area contributed by atoms with Crippen LogP contribution < -0.4 is 0 Å². The van der Waals surface area contributed by atoms with E-state index >= 15 is 0 Å². The van der Waals surface area contributed by atoms with E-state index in [4.69, 9.17) is 0 Å². The third-order valence-electron chi connectivity index (χ3n) is 4.24. The van der Waals surface area contributed by atoms with Gasteiger partial charge in [0, 0.05) is 12.7 Å². The number of aromatic nitrogens is 1. The molecule has 0 spiro atoms. The van der Waals surface area contributed by atoms with Gasteiger partial charge >= 0.3 is 0 Å². The maximum absolute atomic E-state index is 13.4. The van der Waals surface area contributed by atoms with E-state index in [0.29, 0.717) is 6.54 Å². The fourth-order valence-corrected chi connectivity index (χ4v) is 4.79. The maximum Gasteiger partial charge on any atom is 0.245 e. The molecule has 0 bridgehead atoms. The van der Waals surface area contributed by atoms with Crippen LogP contribution in [0.5, 0.6) is 0 Å². The molecule has 1 fully saturated rings. The van der Waals surface area contributed by atoms with E-state index < -0.39 is 15.8 Å². The van der Waals surface area contributed by atoms with Crippen molar-refractivity contribution in [2.45, 2.75) is 30.7 Å². The molecule has 4 nitrogen and oxygen atoms in total. The van der Waals surface area contributed by atoms with Crippen molar-refractivity contribution in [1.82, 2.24) is 9.29 Å². The van der Waals surface area contributed by atoms with E-state index in [1.807, 2.05) is 37.3 Å². The highest BCUT2D eigenvalue weighted by molar-refractivity contribution is 7.89. The third-order valence-corrected chi connectivity index (χ3v) is 6.08. The Morgan fingerprint density at radius 3 is 2.61 bits per heavy atom. The van der Waals surface area contributed by atoms with Gasteiger partial charge in [0.15, 0.2) is 0 Å². The topological polar surface area (TPSA) is 50.3 Å². The molecule has 2 heterocycles. The molecule has 0 amide bonds. The highest BCUT2D eigenvalue weighted by Gasteiger charge is 2.36. The lowest BCUT2D eigenvalue weighted by Gasteiger charge is -2.37. The Labute approximate surface area is 136 Å². The molecule has 0 aliphatic carbocycles. The monoisotopic (exact) mass is 334 g/mol. The summed E-state index contributed by atoms with van der Waals surface area (Å²) in [5.74, 6) is -0.376. The highest BCUT2D eigenvalue weighted by Crippen LogP contribution is 2.37. The lowest BCUT2D eigenvalue weighted by molar-refractivity contribution is 0.207. The van der Waals surface area contributed by atoms with Gasteiger partial charge in [-0.3, -0.25) is 4.98 Å². The first-order valence-corrected chi connectivity index (χ1v) is 9.10. The van der Waals surface area contributed by atoms with Crippen LogP contribution in [0.2, 0.25) is 0 Å². The van der Waals surface area contributed by atoms with Crippen LogP contribution in [0.15, 0.2) is 53.7 Å². The van der Waals surface area contributed by atoms with E-state index in [1.165, 1.54) is 10.5 Å². The van der Waals surface area contributed by atoms with Gasteiger partial charge in [-0.1, -0.05) is 37.3 Å².